The van der Waals surface area contributed by atoms with Crippen LogP contribution in [0.4, 0.5) is 11.4 Å². The van der Waals surface area contributed by atoms with Crippen molar-refractivity contribution in [2.24, 2.45) is 0 Å². The Morgan fingerprint density at radius 1 is 1.53 bits per heavy atom. The lowest BCUT2D eigenvalue weighted by molar-refractivity contribution is 0.0602. The number of esters is 1. The van der Waals surface area contributed by atoms with Crippen LogP contribution < -0.4 is 10.6 Å². The van der Waals surface area contributed by atoms with Crippen molar-refractivity contribution in [1.82, 2.24) is 0 Å². The van der Waals surface area contributed by atoms with Gasteiger partial charge in [0.1, 0.15) is 0 Å². The standard InChI is InChI=1S/C14H19N3O2/c1-10(2)17(9-5-8-15)12-7-4-6-11(13(12)16)14(18)19-3/h4,6-7,10H,5,9,16H2,1-3H3. The Morgan fingerprint density at radius 2 is 2.21 bits per heavy atom. The van der Waals surface area contributed by atoms with E-state index in [-0.39, 0.29) is 6.04 Å². The van der Waals surface area contributed by atoms with Crippen molar-refractivity contribution in [3.63, 3.8) is 0 Å². The zero-order valence-electron chi connectivity index (χ0n) is 11.5. The monoisotopic (exact) mass is 261 g/mol. The smallest absolute Gasteiger partial charge is 0.340 e. The molecule has 0 saturated heterocycles. The molecule has 1 aromatic carbocycles. The summed E-state index contributed by atoms with van der Waals surface area (Å²) in [5, 5.41) is 8.71. The summed E-state index contributed by atoms with van der Waals surface area (Å²) in [6, 6.07) is 7.54. The zero-order valence-corrected chi connectivity index (χ0v) is 11.5. The van der Waals surface area contributed by atoms with Crippen molar-refractivity contribution < 1.29 is 9.53 Å². The first-order valence-electron chi connectivity index (χ1n) is 6.13. The average Bonchev–Trinajstić information content (AvgIpc) is 2.39. The van der Waals surface area contributed by atoms with Crippen molar-refractivity contribution in [1.29, 1.82) is 5.26 Å². The third-order valence-electron chi connectivity index (χ3n) is 2.89. The van der Waals surface area contributed by atoms with Crippen LogP contribution in [0.1, 0.15) is 30.6 Å². The molecule has 0 bridgehead atoms. The van der Waals surface area contributed by atoms with Gasteiger partial charge in [-0.1, -0.05) is 6.07 Å². The predicted molar refractivity (Wildman–Crippen MR) is 74.9 cm³/mol. The van der Waals surface area contributed by atoms with E-state index in [4.69, 9.17) is 15.7 Å². The summed E-state index contributed by atoms with van der Waals surface area (Å²) in [6.45, 7) is 4.60. The number of hydrogen-bond donors (Lipinski definition) is 1. The summed E-state index contributed by atoms with van der Waals surface area (Å²) in [5.41, 5.74) is 7.54. The van der Waals surface area contributed by atoms with Crippen LogP contribution in [0.5, 0.6) is 0 Å². The van der Waals surface area contributed by atoms with E-state index in [1.54, 1.807) is 12.1 Å². The van der Waals surface area contributed by atoms with Gasteiger partial charge in [-0.15, -0.1) is 0 Å². The van der Waals surface area contributed by atoms with Crippen molar-refractivity contribution >= 4 is 17.3 Å². The van der Waals surface area contributed by atoms with Crippen LogP contribution in [-0.4, -0.2) is 25.7 Å². The maximum Gasteiger partial charge on any atom is 0.340 e. The zero-order chi connectivity index (χ0) is 14.4. The second-order valence-corrected chi connectivity index (χ2v) is 4.43. The molecule has 5 heteroatoms. The summed E-state index contributed by atoms with van der Waals surface area (Å²) in [4.78, 5) is 13.6. The van der Waals surface area contributed by atoms with Crippen molar-refractivity contribution in [2.75, 3.05) is 24.3 Å². The third kappa shape index (κ3) is 3.38. The number of carbonyl (C=O) groups excluding carboxylic acids is 1. The summed E-state index contributed by atoms with van der Waals surface area (Å²) in [6.07, 6.45) is 0.403. The normalized spacial score (nSPS) is 10.1. The van der Waals surface area contributed by atoms with Crippen LogP contribution in [0.3, 0.4) is 0 Å². The summed E-state index contributed by atoms with van der Waals surface area (Å²) >= 11 is 0. The van der Waals surface area contributed by atoms with Gasteiger partial charge in [-0.25, -0.2) is 4.79 Å². The van der Waals surface area contributed by atoms with Crippen molar-refractivity contribution in [3.05, 3.63) is 23.8 Å². The van der Waals surface area contributed by atoms with Crippen LogP contribution in [0.25, 0.3) is 0 Å². The lowest BCUT2D eigenvalue weighted by Crippen LogP contribution is -2.32. The number of carbonyl (C=O) groups is 1. The van der Waals surface area contributed by atoms with Gasteiger partial charge in [0.2, 0.25) is 0 Å². The molecule has 1 rings (SSSR count). The number of rotatable bonds is 5. The number of nitrogens with two attached hydrogens (primary N) is 1. The number of nitriles is 1. The Hall–Kier alpha value is -2.22. The SMILES string of the molecule is COC(=O)c1cccc(N(CCC#N)C(C)C)c1N. The lowest BCUT2D eigenvalue weighted by Gasteiger charge is -2.29. The van der Waals surface area contributed by atoms with Crippen LogP contribution in [0.2, 0.25) is 0 Å². The fraction of sp³-hybridized carbons (Fsp3) is 0.429. The van der Waals surface area contributed by atoms with Gasteiger partial charge in [-0.3, -0.25) is 0 Å². The second kappa shape index (κ2) is 6.64. The van der Waals surface area contributed by atoms with Gasteiger partial charge in [0.25, 0.3) is 0 Å². The molecular formula is C14H19N3O2. The Bertz CT molecular complexity index is 492. The lowest BCUT2D eigenvalue weighted by atomic mass is 10.1. The molecule has 0 radical (unpaired) electrons. The minimum atomic E-state index is -0.455. The molecule has 0 saturated carbocycles. The molecule has 0 unspecified atom stereocenters. The quantitative estimate of drug-likeness (QED) is 0.649. The number of anilines is 2. The number of nitrogens with zero attached hydrogens (tertiary/aromatic N) is 2. The molecule has 0 atom stereocenters. The fourth-order valence-electron chi connectivity index (χ4n) is 1.92. The molecule has 5 nitrogen and oxygen atoms in total. The Labute approximate surface area is 113 Å². The van der Waals surface area contributed by atoms with E-state index in [9.17, 15) is 4.79 Å². The maximum atomic E-state index is 11.6. The van der Waals surface area contributed by atoms with Crippen molar-refractivity contribution in [3.8, 4) is 6.07 Å². The molecule has 0 aliphatic heterocycles. The summed E-state index contributed by atoms with van der Waals surface area (Å²) in [5.74, 6) is -0.455. The summed E-state index contributed by atoms with van der Waals surface area (Å²) < 4.78 is 4.70. The van der Waals surface area contributed by atoms with Gasteiger partial charge >= 0.3 is 5.97 Å². The van der Waals surface area contributed by atoms with Crippen LogP contribution in [0, 0.1) is 11.3 Å². The first-order chi connectivity index (χ1) is 9.02. The molecule has 19 heavy (non-hydrogen) atoms. The van der Waals surface area contributed by atoms with Gasteiger partial charge in [-0.05, 0) is 26.0 Å². The molecule has 2 N–H and O–H groups in total. The number of nitrogen functional groups attached to an aromatic ring is 1. The van der Waals surface area contributed by atoms with Gasteiger partial charge in [0.05, 0.1) is 36.5 Å². The van der Waals surface area contributed by atoms with E-state index in [1.165, 1.54) is 7.11 Å². The number of hydrogen-bond acceptors (Lipinski definition) is 5. The van der Waals surface area contributed by atoms with Gasteiger partial charge < -0.3 is 15.4 Å². The van der Waals surface area contributed by atoms with E-state index >= 15 is 0 Å². The number of para-hydroxylation sites is 1. The second-order valence-electron chi connectivity index (χ2n) is 4.43. The molecule has 0 heterocycles. The number of benzene rings is 1. The molecule has 0 aliphatic rings. The maximum absolute atomic E-state index is 11.6. The molecule has 0 spiro atoms. The number of methoxy groups -OCH3 is 1. The molecular weight excluding hydrogens is 242 g/mol. The largest absolute Gasteiger partial charge is 0.465 e. The first kappa shape index (κ1) is 14.8. The highest BCUT2D eigenvalue weighted by molar-refractivity contribution is 5.98. The van der Waals surface area contributed by atoms with Crippen LogP contribution in [-0.2, 0) is 4.74 Å². The molecule has 0 aliphatic carbocycles. The molecule has 102 valence electrons. The minimum absolute atomic E-state index is 0.184. The Morgan fingerprint density at radius 3 is 2.74 bits per heavy atom. The van der Waals surface area contributed by atoms with E-state index in [1.807, 2.05) is 24.8 Å². The van der Waals surface area contributed by atoms with Crippen molar-refractivity contribution in [2.45, 2.75) is 26.3 Å². The molecule has 0 aromatic heterocycles. The predicted octanol–water partition coefficient (Wildman–Crippen LogP) is 2.18. The first-order valence-corrected chi connectivity index (χ1v) is 6.13. The van der Waals surface area contributed by atoms with E-state index < -0.39 is 5.97 Å². The van der Waals surface area contributed by atoms with Gasteiger partial charge in [0.15, 0.2) is 0 Å². The Balaban J connectivity index is 3.17. The van der Waals surface area contributed by atoms with E-state index in [2.05, 4.69) is 6.07 Å². The highest BCUT2D eigenvalue weighted by atomic mass is 16.5. The molecule has 1 aromatic rings. The minimum Gasteiger partial charge on any atom is -0.465 e. The van der Waals surface area contributed by atoms with Crippen LogP contribution in [0.15, 0.2) is 18.2 Å². The molecule has 0 fully saturated rings. The average molecular weight is 261 g/mol. The number of ether oxygens (including phenoxy) is 1. The Kier molecular flexibility index (Phi) is 5.19. The highest BCUT2D eigenvalue weighted by Gasteiger charge is 2.18. The third-order valence-corrected chi connectivity index (χ3v) is 2.89. The summed E-state index contributed by atoms with van der Waals surface area (Å²) in [7, 11) is 1.32. The highest BCUT2D eigenvalue weighted by Crippen LogP contribution is 2.28. The van der Waals surface area contributed by atoms with Gasteiger partial charge in [0, 0.05) is 12.6 Å². The van der Waals surface area contributed by atoms with Crippen LogP contribution >= 0.6 is 0 Å². The fourth-order valence-corrected chi connectivity index (χ4v) is 1.92. The topological polar surface area (TPSA) is 79.3 Å². The van der Waals surface area contributed by atoms with E-state index in [0.29, 0.717) is 24.2 Å². The van der Waals surface area contributed by atoms with E-state index in [0.717, 1.165) is 5.69 Å². The molecule has 0 amide bonds. The van der Waals surface area contributed by atoms with Gasteiger partial charge in [-0.2, -0.15) is 5.26 Å².